The van der Waals surface area contributed by atoms with E-state index in [1.807, 2.05) is 0 Å². The number of nitrogens with one attached hydrogen (secondary N) is 1. The molecule has 1 saturated heterocycles. The van der Waals surface area contributed by atoms with Crippen LogP contribution in [0.5, 0.6) is 0 Å². The van der Waals surface area contributed by atoms with Gasteiger partial charge in [-0.1, -0.05) is 27.2 Å². The van der Waals surface area contributed by atoms with Crippen molar-refractivity contribution in [3.63, 3.8) is 0 Å². The van der Waals surface area contributed by atoms with E-state index in [2.05, 4.69) is 30.8 Å². The topological polar surface area (TPSA) is 55.4 Å². The average Bonchev–Trinajstić information content (AvgIpc) is 2.41. The number of rotatable bonds is 1. The zero-order valence-electron chi connectivity index (χ0n) is 11.2. The third-order valence-electron chi connectivity index (χ3n) is 1.97. The first-order valence-corrected chi connectivity index (χ1v) is 5.84. The number of ether oxygens (including phenoxy) is 1. The number of methoxy groups -OCH3 is 1. The molecule has 0 aromatic carbocycles. The molecule has 1 N–H and O–H groups in total. The minimum Gasteiger partial charge on any atom is -0.467 e. The first-order valence-electron chi connectivity index (χ1n) is 5.84. The molecule has 1 atom stereocenters. The van der Waals surface area contributed by atoms with Crippen LogP contribution in [0.15, 0.2) is 0 Å². The third-order valence-corrected chi connectivity index (χ3v) is 1.97. The molecule has 1 aliphatic heterocycles. The Kier molecular flexibility index (Phi) is 11.8. The first kappa shape index (κ1) is 18.9. The molecular formula is C12H23NO3V. The van der Waals surface area contributed by atoms with Crippen molar-refractivity contribution in [2.75, 3.05) is 7.11 Å². The summed E-state index contributed by atoms with van der Waals surface area (Å²) in [5.41, 5.74) is 0. The van der Waals surface area contributed by atoms with E-state index in [-0.39, 0.29) is 30.4 Å². The monoisotopic (exact) mass is 280 g/mol. The van der Waals surface area contributed by atoms with Gasteiger partial charge in [-0.25, -0.2) is 4.79 Å². The van der Waals surface area contributed by atoms with Crippen LogP contribution in [0, 0.1) is 5.92 Å². The zero-order valence-corrected chi connectivity index (χ0v) is 12.6. The zero-order chi connectivity index (χ0) is 12.6. The van der Waals surface area contributed by atoms with Gasteiger partial charge < -0.3 is 10.1 Å². The largest absolute Gasteiger partial charge is 0.467 e. The van der Waals surface area contributed by atoms with Gasteiger partial charge in [-0.2, -0.15) is 0 Å². The molecule has 1 radical (unpaired) electrons. The quantitative estimate of drug-likeness (QED) is 0.746. The normalized spacial score (nSPS) is 19.1. The Morgan fingerprint density at radius 3 is 2.35 bits per heavy atom. The predicted molar refractivity (Wildman–Crippen MR) is 62.9 cm³/mol. The standard InChI is InChI=1S/C8H13NO3.C4H10.V/c1-12-8(11)6-4-2-3-5-7(10)9-6;1-4(2)3;/h6H,2-5H2,1H3,(H,9,10);4H,1-3H3;. The fourth-order valence-corrected chi connectivity index (χ4v) is 1.29. The molecule has 1 heterocycles. The van der Waals surface area contributed by atoms with Gasteiger partial charge in [0.1, 0.15) is 6.04 Å². The summed E-state index contributed by atoms with van der Waals surface area (Å²) in [6.07, 6.45) is 2.98. The number of amides is 1. The summed E-state index contributed by atoms with van der Waals surface area (Å²) in [6, 6.07) is -0.426. The Morgan fingerprint density at radius 2 is 1.88 bits per heavy atom. The third kappa shape index (κ3) is 10.4. The van der Waals surface area contributed by atoms with E-state index in [1.165, 1.54) is 7.11 Å². The minimum atomic E-state index is -0.426. The van der Waals surface area contributed by atoms with Crippen LogP contribution in [0.25, 0.3) is 0 Å². The fraction of sp³-hybridized carbons (Fsp3) is 0.833. The number of esters is 1. The molecule has 0 aromatic rings. The van der Waals surface area contributed by atoms with Crippen LogP contribution in [0.3, 0.4) is 0 Å². The molecule has 1 unspecified atom stereocenters. The molecule has 0 bridgehead atoms. The minimum absolute atomic E-state index is 0. The summed E-state index contributed by atoms with van der Waals surface area (Å²) in [4.78, 5) is 22.0. The summed E-state index contributed by atoms with van der Waals surface area (Å²) >= 11 is 0. The van der Waals surface area contributed by atoms with Crippen molar-refractivity contribution in [3.05, 3.63) is 0 Å². The van der Waals surface area contributed by atoms with E-state index in [0.717, 1.165) is 18.8 Å². The van der Waals surface area contributed by atoms with Crippen molar-refractivity contribution in [2.24, 2.45) is 5.92 Å². The van der Waals surface area contributed by atoms with Crippen molar-refractivity contribution in [1.82, 2.24) is 5.32 Å². The fourth-order valence-electron chi connectivity index (χ4n) is 1.29. The molecule has 4 nitrogen and oxygen atoms in total. The van der Waals surface area contributed by atoms with Crippen molar-refractivity contribution in [3.8, 4) is 0 Å². The maximum atomic E-state index is 11.0. The Balaban J connectivity index is 0. The number of carbonyl (C=O) groups excluding carboxylic acids is 2. The predicted octanol–water partition coefficient (Wildman–Crippen LogP) is 1.88. The van der Waals surface area contributed by atoms with Gasteiger partial charge in [-0.3, -0.25) is 4.79 Å². The SMILES string of the molecule is CC(C)C.COC(=O)C1CCCCC(=O)N1.[V]. The van der Waals surface area contributed by atoms with E-state index >= 15 is 0 Å². The smallest absolute Gasteiger partial charge is 0.328 e. The maximum Gasteiger partial charge on any atom is 0.328 e. The van der Waals surface area contributed by atoms with Gasteiger partial charge in [0.25, 0.3) is 0 Å². The van der Waals surface area contributed by atoms with Crippen LogP contribution in [-0.2, 0) is 32.9 Å². The van der Waals surface area contributed by atoms with Gasteiger partial charge >= 0.3 is 5.97 Å². The summed E-state index contributed by atoms with van der Waals surface area (Å²) in [6.45, 7) is 6.50. The Labute approximate surface area is 116 Å². The molecular weight excluding hydrogens is 257 g/mol. The Bertz CT molecular complexity index is 229. The van der Waals surface area contributed by atoms with E-state index in [1.54, 1.807) is 0 Å². The summed E-state index contributed by atoms with van der Waals surface area (Å²) in [5, 5.41) is 2.62. The molecule has 99 valence electrons. The van der Waals surface area contributed by atoms with Crippen LogP contribution in [-0.4, -0.2) is 25.0 Å². The average molecular weight is 280 g/mol. The number of carbonyl (C=O) groups is 2. The van der Waals surface area contributed by atoms with Gasteiger partial charge in [-0.05, 0) is 18.8 Å². The molecule has 0 spiro atoms. The Hall–Kier alpha value is -0.476. The second-order valence-electron chi connectivity index (χ2n) is 4.62. The molecule has 0 aromatic heterocycles. The van der Waals surface area contributed by atoms with Gasteiger partial charge in [0, 0.05) is 25.0 Å². The van der Waals surface area contributed by atoms with Crippen LogP contribution in [0.4, 0.5) is 0 Å². The molecule has 17 heavy (non-hydrogen) atoms. The van der Waals surface area contributed by atoms with Crippen molar-refractivity contribution < 1.29 is 32.9 Å². The van der Waals surface area contributed by atoms with Crippen molar-refractivity contribution >= 4 is 11.9 Å². The van der Waals surface area contributed by atoms with Crippen LogP contribution in [0.1, 0.15) is 46.5 Å². The van der Waals surface area contributed by atoms with Crippen LogP contribution in [0.2, 0.25) is 0 Å². The molecule has 1 rings (SSSR count). The van der Waals surface area contributed by atoms with Crippen molar-refractivity contribution in [1.29, 1.82) is 0 Å². The number of hydrogen-bond donors (Lipinski definition) is 1. The molecule has 0 saturated carbocycles. The second kappa shape index (κ2) is 10.7. The molecule has 5 heteroatoms. The van der Waals surface area contributed by atoms with Gasteiger partial charge in [-0.15, -0.1) is 0 Å². The van der Waals surface area contributed by atoms with Crippen molar-refractivity contribution in [2.45, 2.75) is 52.5 Å². The molecule has 1 fully saturated rings. The van der Waals surface area contributed by atoms with E-state index in [0.29, 0.717) is 12.8 Å². The van der Waals surface area contributed by atoms with Gasteiger partial charge in [0.2, 0.25) is 5.91 Å². The summed E-state index contributed by atoms with van der Waals surface area (Å²) in [7, 11) is 1.33. The van der Waals surface area contributed by atoms with Crippen LogP contribution >= 0.6 is 0 Å². The summed E-state index contributed by atoms with van der Waals surface area (Å²) < 4.78 is 4.54. The molecule has 0 aliphatic carbocycles. The molecule has 1 aliphatic rings. The van der Waals surface area contributed by atoms with E-state index in [4.69, 9.17) is 0 Å². The van der Waals surface area contributed by atoms with Gasteiger partial charge in [0.05, 0.1) is 7.11 Å². The maximum absolute atomic E-state index is 11.0. The van der Waals surface area contributed by atoms with Crippen LogP contribution < -0.4 is 5.32 Å². The molecule has 1 amide bonds. The van der Waals surface area contributed by atoms with E-state index in [9.17, 15) is 9.59 Å². The Morgan fingerprint density at radius 1 is 1.35 bits per heavy atom. The van der Waals surface area contributed by atoms with Gasteiger partial charge in [0.15, 0.2) is 0 Å². The number of hydrogen-bond acceptors (Lipinski definition) is 3. The van der Waals surface area contributed by atoms with E-state index < -0.39 is 6.04 Å². The second-order valence-corrected chi connectivity index (χ2v) is 4.62. The summed E-state index contributed by atoms with van der Waals surface area (Å²) in [5.74, 6) is 0.438. The first-order chi connectivity index (χ1) is 7.47.